The summed E-state index contributed by atoms with van der Waals surface area (Å²) < 4.78 is 1.65. The molecule has 3 N–H and O–H groups in total. The molecular weight excluding hydrogens is 372 g/mol. The van der Waals surface area contributed by atoms with Crippen LogP contribution in [0.1, 0.15) is 5.56 Å². The van der Waals surface area contributed by atoms with Crippen molar-refractivity contribution < 1.29 is 9.90 Å². The van der Waals surface area contributed by atoms with Crippen LogP contribution < -0.4 is 15.8 Å². The third-order valence-corrected chi connectivity index (χ3v) is 4.41. The molecule has 0 bridgehead atoms. The lowest BCUT2D eigenvalue weighted by Crippen LogP contribution is -2.28. The second-order valence-corrected chi connectivity index (χ2v) is 6.41. The number of anilines is 3. The SMILES string of the molecule is CN(C(=O)O)c1nc2nn(Cc3ccccc3)c(Nc3ccccc3)c2c(=O)[nH]1. The number of carboxylic acid groups (broad SMARTS) is 1. The fraction of sp³-hybridized carbons (Fsp3) is 0.100. The zero-order valence-corrected chi connectivity index (χ0v) is 15.5. The third-order valence-electron chi connectivity index (χ3n) is 4.41. The van der Waals surface area contributed by atoms with Gasteiger partial charge in [-0.25, -0.2) is 9.48 Å². The molecule has 0 fully saturated rings. The molecule has 0 saturated carbocycles. The highest BCUT2D eigenvalue weighted by molar-refractivity contribution is 5.91. The van der Waals surface area contributed by atoms with E-state index in [1.165, 1.54) is 7.05 Å². The molecule has 0 radical (unpaired) electrons. The number of H-pyrrole nitrogens is 1. The van der Waals surface area contributed by atoms with Crippen molar-refractivity contribution >= 4 is 34.6 Å². The van der Waals surface area contributed by atoms with Gasteiger partial charge >= 0.3 is 6.09 Å². The molecule has 29 heavy (non-hydrogen) atoms. The van der Waals surface area contributed by atoms with Gasteiger partial charge in [-0.2, -0.15) is 4.98 Å². The quantitative estimate of drug-likeness (QED) is 0.482. The summed E-state index contributed by atoms with van der Waals surface area (Å²) in [4.78, 5) is 31.6. The van der Waals surface area contributed by atoms with Gasteiger partial charge in [-0.3, -0.25) is 14.7 Å². The third kappa shape index (κ3) is 3.65. The Bertz CT molecular complexity index is 1220. The first-order valence-electron chi connectivity index (χ1n) is 8.86. The zero-order valence-electron chi connectivity index (χ0n) is 15.5. The predicted octanol–water partition coefficient (Wildman–Crippen LogP) is 3.03. The molecule has 0 aliphatic rings. The number of aromatic amines is 1. The highest BCUT2D eigenvalue weighted by Crippen LogP contribution is 2.25. The van der Waals surface area contributed by atoms with Crippen LogP contribution in [-0.4, -0.2) is 38.0 Å². The van der Waals surface area contributed by atoms with Crippen molar-refractivity contribution in [3.63, 3.8) is 0 Å². The van der Waals surface area contributed by atoms with Crippen molar-refractivity contribution in [1.29, 1.82) is 0 Å². The number of hydrogen-bond acceptors (Lipinski definition) is 5. The summed E-state index contributed by atoms with van der Waals surface area (Å²) in [6.07, 6.45) is -1.24. The van der Waals surface area contributed by atoms with Gasteiger partial charge in [-0.15, -0.1) is 5.10 Å². The van der Waals surface area contributed by atoms with E-state index in [1.807, 2.05) is 60.7 Å². The van der Waals surface area contributed by atoms with Gasteiger partial charge in [-0.05, 0) is 17.7 Å². The maximum Gasteiger partial charge on any atom is 0.413 e. The zero-order chi connectivity index (χ0) is 20.4. The minimum Gasteiger partial charge on any atom is -0.465 e. The Kier molecular flexibility index (Phi) is 4.70. The fourth-order valence-corrected chi connectivity index (χ4v) is 2.93. The number of nitrogens with zero attached hydrogens (tertiary/aromatic N) is 4. The van der Waals surface area contributed by atoms with E-state index in [-0.39, 0.29) is 17.0 Å². The maximum atomic E-state index is 12.8. The minimum absolute atomic E-state index is 0.0920. The van der Waals surface area contributed by atoms with Gasteiger partial charge < -0.3 is 10.4 Å². The molecule has 0 spiro atoms. The molecule has 4 aromatic rings. The first kappa shape index (κ1) is 18.2. The van der Waals surface area contributed by atoms with Crippen molar-refractivity contribution in [2.45, 2.75) is 6.54 Å². The fourth-order valence-electron chi connectivity index (χ4n) is 2.93. The van der Waals surface area contributed by atoms with Gasteiger partial charge in [0.2, 0.25) is 5.95 Å². The van der Waals surface area contributed by atoms with Crippen molar-refractivity contribution in [3.8, 4) is 0 Å². The molecule has 2 heterocycles. The van der Waals surface area contributed by atoms with E-state index in [9.17, 15) is 14.7 Å². The standard InChI is InChI=1S/C20H18N6O3/c1-25(20(28)29)19-22-16-15(18(27)23-19)17(21-14-10-6-3-7-11-14)26(24-16)12-13-8-4-2-5-9-13/h2-11,21H,12H2,1H3,(H,28,29)(H,22,23,24,27). The van der Waals surface area contributed by atoms with Gasteiger partial charge in [-0.1, -0.05) is 48.5 Å². The molecule has 4 rings (SSSR count). The van der Waals surface area contributed by atoms with E-state index < -0.39 is 11.7 Å². The largest absolute Gasteiger partial charge is 0.465 e. The summed E-state index contributed by atoms with van der Waals surface area (Å²) in [5.74, 6) is 0.388. The Morgan fingerprint density at radius 3 is 2.45 bits per heavy atom. The number of rotatable bonds is 5. The number of aromatic nitrogens is 4. The summed E-state index contributed by atoms with van der Waals surface area (Å²) in [5, 5.41) is 17.1. The monoisotopic (exact) mass is 390 g/mol. The lowest BCUT2D eigenvalue weighted by molar-refractivity contribution is 0.203. The van der Waals surface area contributed by atoms with Crippen molar-refractivity contribution in [2.24, 2.45) is 0 Å². The highest BCUT2D eigenvalue weighted by Gasteiger charge is 2.20. The summed E-state index contributed by atoms with van der Waals surface area (Å²) in [5.41, 5.74) is 1.47. The van der Waals surface area contributed by atoms with Gasteiger partial charge in [0.15, 0.2) is 5.65 Å². The summed E-state index contributed by atoms with van der Waals surface area (Å²) in [6, 6.07) is 19.1. The van der Waals surface area contributed by atoms with Crippen LogP contribution in [0.5, 0.6) is 0 Å². The van der Waals surface area contributed by atoms with E-state index in [0.717, 1.165) is 16.2 Å². The number of fused-ring (bicyclic) bond motifs is 1. The smallest absolute Gasteiger partial charge is 0.413 e. The molecule has 0 aliphatic heterocycles. The van der Waals surface area contributed by atoms with Gasteiger partial charge in [0.25, 0.3) is 5.56 Å². The normalized spacial score (nSPS) is 10.8. The van der Waals surface area contributed by atoms with Gasteiger partial charge in [0, 0.05) is 12.7 Å². The first-order valence-corrected chi connectivity index (χ1v) is 8.86. The Morgan fingerprint density at radius 1 is 1.14 bits per heavy atom. The molecule has 0 atom stereocenters. The van der Waals surface area contributed by atoms with Crippen molar-refractivity contribution in [1.82, 2.24) is 19.7 Å². The Hall–Kier alpha value is -4.14. The average Bonchev–Trinajstić information content (AvgIpc) is 3.06. The molecule has 9 nitrogen and oxygen atoms in total. The lowest BCUT2D eigenvalue weighted by Gasteiger charge is -2.11. The molecular formula is C20H18N6O3. The average molecular weight is 390 g/mol. The minimum atomic E-state index is -1.24. The van der Waals surface area contributed by atoms with Crippen LogP contribution in [0.2, 0.25) is 0 Å². The highest BCUT2D eigenvalue weighted by atomic mass is 16.4. The van der Waals surface area contributed by atoms with E-state index in [2.05, 4.69) is 20.4 Å². The van der Waals surface area contributed by atoms with E-state index in [0.29, 0.717) is 12.4 Å². The van der Waals surface area contributed by atoms with Crippen LogP contribution >= 0.6 is 0 Å². The van der Waals surface area contributed by atoms with Crippen LogP contribution in [0.4, 0.5) is 22.2 Å². The molecule has 1 amide bonds. The molecule has 0 aliphatic carbocycles. The van der Waals surface area contributed by atoms with E-state index in [1.54, 1.807) is 4.68 Å². The Labute approximate surface area is 165 Å². The van der Waals surface area contributed by atoms with Gasteiger partial charge in [0.05, 0.1) is 6.54 Å². The molecule has 9 heteroatoms. The number of carbonyl (C=O) groups is 1. The van der Waals surface area contributed by atoms with Crippen LogP contribution in [0.25, 0.3) is 11.0 Å². The van der Waals surface area contributed by atoms with E-state index in [4.69, 9.17) is 0 Å². The molecule has 2 aromatic carbocycles. The molecule has 2 aromatic heterocycles. The second kappa shape index (κ2) is 7.47. The van der Waals surface area contributed by atoms with Crippen molar-refractivity contribution in [3.05, 3.63) is 76.6 Å². The number of nitrogens with one attached hydrogen (secondary N) is 2. The molecule has 0 unspecified atom stereocenters. The molecule has 146 valence electrons. The summed E-state index contributed by atoms with van der Waals surface area (Å²) >= 11 is 0. The van der Waals surface area contributed by atoms with Crippen LogP contribution in [-0.2, 0) is 6.54 Å². The summed E-state index contributed by atoms with van der Waals surface area (Å²) in [6.45, 7) is 0.413. The summed E-state index contributed by atoms with van der Waals surface area (Å²) in [7, 11) is 1.30. The number of benzene rings is 2. The maximum absolute atomic E-state index is 12.8. The second-order valence-electron chi connectivity index (χ2n) is 6.41. The van der Waals surface area contributed by atoms with Crippen molar-refractivity contribution in [2.75, 3.05) is 17.3 Å². The molecule has 0 saturated heterocycles. The Balaban J connectivity index is 1.87. The predicted molar refractivity (Wildman–Crippen MR) is 110 cm³/mol. The van der Waals surface area contributed by atoms with Crippen LogP contribution in [0.15, 0.2) is 65.5 Å². The lowest BCUT2D eigenvalue weighted by atomic mass is 10.2. The number of hydrogen-bond donors (Lipinski definition) is 3. The first-order chi connectivity index (χ1) is 14.0. The number of para-hydroxylation sites is 1. The van der Waals surface area contributed by atoms with Crippen LogP contribution in [0, 0.1) is 0 Å². The number of amides is 1. The van der Waals surface area contributed by atoms with Crippen LogP contribution in [0.3, 0.4) is 0 Å². The van der Waals surface area contributed by atoms with E-state index >= 15 is 0 Å². The topological polar surface area (TPSA) is 116 Å². The van der Waals surface area contributed by atoms with Gasteiger partial charge in [0.1, 0.15) is 11.2 Å². The Morgan fingerprint density at radius 2 is 1.79 bits per heavy atom.